The Hall–Kier alpha value is -0.0900. The van der Waals surface area contributed by atoms with Gasteiger partial charge in [-0.05, 0) is 0 Å². The molecule has 0 saturated carbocycles. The summed E-state index contributed by atoms with van der Waals surface area (Å²) in [6.07, 6.45) is 0.222. The van der Waals surface area contributed by atoms with Crippen LogP contribution in [0.5, 0.6) is 0 Å². The van der Waals surface area contributed by atoms with E-state index in [1.54, 1.807) is 6.92 Å². The summed E-state index contributed by atoms with van der Waals surface area (Å²) in [5.74, 6) is -3.07. The molecule has 0 aromatic rings. The van der Waals surface area contributed by atoms with Crippen LogP contribution in [0.4, 0.5) is 0 Å². The highest BCUT2D eigenvalue weighted by molar-refractivity contribution is 8.20. The zero-order valence-corrected chi connectivity index (χ0v) is 12.0. The molecule has 0 rings (SSSR count). The number of carboxylic acid groups (broad SMARTS) is 1. The van der Waals surface area contributed by atoms with Gasteiger partial charge < -0.3 is 9.84 Å². The van der Waals surface area contributed by atoms with Gasteiger partial charge in [0.15, 0.2) is 5.98 Å². The van der Waals surface area contributed by atoms with Gasteiger partial charge in [-0.3, -0.25) is 14.4 Å². The van der Waals surface area contributed by atoms with Crippen LogP contribution in [0.1, 0.15) is 27.2 Å². The molecule has 0 amide bonds. The van der Waals surface area contributed by atoms with Crippen LogP contribution in [-0.4, -0.2) is 23.0 Å². The molecule has 0 fully saturated rings. The summed E-state index contributed by atoms with van der Waals surface area (Å²) in [4.78, 5) is 29.0. The molecule has 0 aliphatic rings. The molecule has 0 heterocycles. The largest absolute Gasteiger partial charge is 0.481 e. The molecule has 1 N–H and O–H groups in total. The third-order valence-electron chi connectivity index (χ3n) is 0.590. The van der Waals surface area contributed by atoms with E-state index < -0.39 is 23.9 Å². The first kappa shape index (κ1) is 21.2. The zero-order chi connectivity index (χ0) is 13.7. The average molecular weight is 314 g/mol. The second-order valence-electron chi connectivity index (χ2n) is 2.02. The lowest BCUT2D eigenvalue weighted by atomic mass is 10.5. The summed E-state index contributed by atoms with van der Waals surface area (Å²) in [5.41, 5.74) is 0. The number of carboxylic acids is 1. The van der Waals surface area contributed by atoms with Gasteiger partial charge in [0.05, 0.1) is 0 Å². The average Bonchev–Trinajstić information content (AvgIpc) is 2.01. The number of rotatable bonds is 1. The Bertz CT molecular complexity index is 207. The van der Waals surface area contributed by atoms with E-state index in [0.717, 1.165) is 0 Å². The molecular formula is C7H12Cl3O5P. The monoisotopic (exact) mass is 312 g/mol. The summed E-state index contributed by atoms with van der Waals surface area (Å²) < 4.78 is 3.97. The predicted molar refractivity (Wildman–Crippen MR) is 64.9 cm³/mol. The fraction of sp³-hybridized carbons (Fsp3) is 0.571. The Labute approximate surface area is 109 Å². The quantitative estimate of drug-likeness (QED) is 0.455. The molecule has 0 atom stereocenters. The number of aliphatic carboxylic acids is 1. The van der Waals surface area contributed by atoms with Crippen molar-refractivity contribution < 1.29 is 24.2 Å². The summed E-state index contributed by atoms with van der Waals surface area (Å²) in [6, 6.07) is 0. The van der Waals surface area contributed by atoms with E-state index in [2.05, 4.69) is 4.74 Å². The van der Waals surface area contributed by atoms with Crippen molar-refractivity contribution in [3.63, 3.8) is 0 Å². The van der Waals surface area contributed by atoms with Gasteiger partial charge in [-0.25, -0.2) is 0 Å². The summed E-state index contributed by atoms with van der Waals surface area (Å²) in [5, 5.41) is 7.72. The van der Waals surface area contributed by atoms with Gasteiger partial charge in [0.2, 0.25) is 0 Å². The van der Waals surface area contributed by atoms with Gasteiger partial charge in [-0.15, -0.1) is 0 Å². The summed E-state index contributed by atoms with van der Waals surface area (Å²) >= 11 is 14.6. The van der Waals surface area contributed by atoms with Gasteiger partial charge in [-0.1, -0.05) is 40.6 Å². The van der Waals surface area contributed by atoms with Crippen LogP contribution in [0.3, 0.4) is 0 Å². The minimum atomic E-state index is -1.20. The van der Waals surface area contributed by atoms with Gasteiger partial charge in [-0.2, -0.15) is 0 Å². The smallest absolute Gasteiger partial charge is 0.310 e. The Morgan fingerprint density at radius 3 is 1.31 bits per heavy atom. The normalized spacial score (nSPS) is 7.94. The Morgan fingerprint density at radius 1 is 1.12 bits per heavy atom. The van der Waals surface area contributed by atoms with Crippen LogP contribution in [0.2, 0.25) is 0 Å². The SMILES string of the molecule is CC(=O)OC(C)=O.CCC(=O)O.ClP(Cl)Cl. The van der Waals surface area contributed by atoms with E-state index >= 15 is 0 Å². The maximum atomic E-state index is 9.81. The van der Waals surface area contributed by atoms with Crippen molar-refractivity contribution in [2.24, 2.45) is 0 Å². The molecular weight excluding hydrogens is 301 g/mol. The molecule has 9 heteroatoms. The van der Waals surface area contributed by atoms with Crippen LogP contribution in [0.25, 0.3) is 0 Å². The van der Waals surface area contributed by atoms with Gasteiger partial charge in [0, 0.05) is 20.3 Å². The third-order valence-corrected chi connectivity index (χ3v) is 0.590. The lowest BCUT2D eigenvalue weighted by molar-refractivity contribution is -0.156. The van der Waals surface area contributed by atoms with Gasteiger partial charge in [0.25, 0.3) is 0 Å². The highest BCUT2D eigenvalue weighted by Gasteiger charge is 1.93. The Morgan fingerprint density at radius 2 is 1.31 bits per heavy atom. The minimum absolute atomic E-state index is 0.222. The number of hydrogen-bond acceptors (Lipinski definition) is 4. The maximum absolute atomic E-state index is 9.81. The van der Waals surface area contributed by atoms with Gasteiger partial charge >= 0.3 is 17.9 Å². The number of hydrogen-bond donors (Lipinski definition) is 1. The lowest BCUT2D eigenvalue weighted by Gasteiger charge is -1.87. The van der Waals surface area contributed by atoms with E-state index in [4.69, 9.17) is 38.8 Å². The lowest BCUT2D eigenvalue weighted by Crippen LogP contribution is -2.03. The van der Waals surface area contributed by atoms with E-state index in [1.807, 2.05) is 0 Å². The second kappa shape index (κ2) is 14.9. The number of carbonyl (C=O) groups excluding carboxylic acids is 2. The van der Waals surface area contributed by atoms with Crippen molar-refractivity contribution in [2.75, 3.05) is 0 Å². The third kappa shape index (κ3) is 66.4. The first-order chi connectivity index (χ1) is 7.13. The number of halogens is 3. The van der Waals surface area contributed by atoms with Crippen LogP contribution >= 0.6 is 39.7 Å². The van der Waals surface area contributed by atoms with Crippen LogP contribution in [0, 0.1) is 0 Å². The molecule has 16 heavy (non-hydrogen) atoms. The molecule has 0 aliphatic heterocycles. The number of ether oxygens (including phenoxy) is 1. The fourth-order valence-electron chi connectivity index (χ4n) is 0.202. The number of esters is 2. The first-order valence-electron chi connectivity index (χ1n) is 3.81. The molecule has 0 radical (unpaired) electrons. The van der Waals surface area contributed by atoms with E-state index in [0.29, 0.717) is 0 Å². The van der Waals surface area contributed by atoms with E-state index in [1.165, 1.54) is 13.8 Å². The predicted octanol–water partition coefficient (Wildman–Crippen LogP) is 3.51. The molecule has 0 aliphatic carbocycles. The van der Waals surface area contributed by atoms with Crippen LogP contribution in [-0.2, 0) is 19.1 Å². The Kier molecular flexibility index (Phi) is 19.8. The van der Waals surface area contributed by atoms with Gasteiger partial charge in [0.1, 0.15) is 0 Å². The summed E-state index contributed by atoms with van der Waals surface area (Å²) in [7, 11) is 0. The van der Waals surface area contributed by atoms with Crippen molar-refractivity contribution in [3.8, 4) is 0 Å². The highest BCUT2D eigenvalue weighted by Crippen LogP contribution is 2.51. The van der Waals surface area contributed by atoms with Crippen molar-refractivity contribution >= 4 is 57.6 Å². The van der Waals surface area contributed by atoms with Crippen LogP contribution < -0.4 is 0 Å². The van der Waals surface area contributed by atoms with Crippen molar-refractivity contribution in [1.29, 1.82) is 0 Å². The van der Waals surface area contributed by atoms with Crippen molar-refractivity contribution in [3.05, 3.63) is 0 Å². The molecule has 0 aromatic heterocycles. The van der Waals surface area contributed by atoms with Crippen molar-refractivity contribution in [2.45, 2.75) is 27.2 Å². The van der Waals surface area contributed by atoms with E-state index in [9.17, 15) is 14.4 Å². The minimum Gasteiger partial charge on any atom is -0.481 e. The molecule has 96 valence electrons. The molecule has 5 nitrogen and oxygen atoms in total. The molecule has 0 unspecified atom stereocenters. The molecule has 0 spiro atoms. The first-order valence-corrected chi connectivity index (χ1v) is 7.87. The van der Waals surface area contributed by atoms with Crippen LogP contribution in [0.15, 0.2) is 0 Å². The molecule has 0 bridgehead atoms. The standard InChI is InChI=1S/C4H6O3.C3H6O2.Cl3P/c1-3(5)7-4(2)6;1-2-3(4)5;1-4(2)3/h1-2H3;2H2,1H3,(H,4,5);. The highest BCUT2D eigenvalue weighted by atomic mass is 36.0. The van der Waals surface area contributed by atoms with Crippen molar-refractivity contribution in [1.82, 2.24) is 0 Å². The number of carbonyl (C=O) groups is 3. The summed E-state index contributed by atoms with van der Waals surface area (Å²) in [6.45, 7) is 3.96. The maximum Gasteiger partial charge on any atom is 0.310 e. The molecule has 0 saturated heterocycles. The zero-order valence-electron chi connectivity index (χ0n) is 8.87. The van der Waals surface area contributed by atoms with E-state index in [-0.39, 0.29) is 6.42 Å². The second-order valence-corrected chi connectivity index (χ2v) is 7.01. The Balaban J connectivity index is -0.000000166. The fourth-order valence-corrected chi connectivity index (χ4v) is 0.202. The topological polar surface area (TPSA) is 80.7 Å². The molecule has 0 aromatic carbocycles.